The average Bonchev–Trinajstić information content (AvgIpc) is 3.29. The molecule has 1 heterocycles. The van der Waals surface area contributed by atoms with Gasteiger partial charge in [-0.2, -0.15) is 0 Å². The summed E-state index contributed by atoms with van der Waals surface area (Å²) in [5.41, 5.74) is 1.87. The maximum Gasteiger partial charge on any atom is 0.271 e. The number of carbonyl (C=O) groups excluding carboxylic acids is 2. The third kappa shape index (κ3) is 6.29. The maximum atomic E-state index is 12.9. The number of thiazole rings is 1. The molecule has 3 aromatic rings. The summed E-state index contributed by atoms with van der Waals surface area (Å²) in [7, 11) is 0. The van der Waals surface area contributed by atoms with Crippen LogP contribution in [0, 0.1) is 6.92 Å². The second-order valence-corrected chi connectivity index (χ2v) is 10.1. The van der Waals surface area contributed by atoms with Crippen molar-refractivity contribution in [3.05, 3.63) is 79.7 Å². The van der Waals surface area contributed by atoms with Crippen LogP contribution >= 0.6 is 34.5 Å². The summed E-state index contributed by atoms with van der Waals surface area (Å²) in [6.45, 7) is 2.32. The van der Waals surface area contributed by atoms with E-state index < -0.39 is 0 Å². The average molecular weight is 518 g/mol. The normalized spacial score (nSPS) is 17.7. The lowest BCUT2D eigenvalue weighted by Crippen LogP contribution is -2.53. The van der Waals surface area contributed by atoms with Gasteiger partial charge in [-0.15, -0.1) is 11.3 Å². The van der Waals surface area contributed by atoms with Crippen molar-refractivity contribution in [2.75, 3.05) is 0 Å². The molecule has 2 N–H and O–H groups in total. The summed E-state index contributed by atoms with van der Waals surface area (Å²) in [6, 6.07) is 12.2. The highest BCUT2D eigenvalue weighted by Crippen LogP contribution is 2.24. The van der Waals surface area contributed by atoms with Crippen LogP contribution in [0.15, 0.2) is 47.8 Å². The van der Waals surface area contributed by atoms with Crippen LogP contribution in [0.25, 0.3) is 0 Å². The first-order valence-corrected chi connectivity index (χ1v) is 12.7. The Bertz CT molecular complexity index is 1170. The minimum Gasteiger partial charge on any atom is -0.486 e. The Hall–Kier alpha value is -2.61. The summed E-state index contributed by atoms with van der Waals surface area (Å²) in [5.74, 6) is 0.221. The van der Waals surface area contributed by atoms with E-state index in [9.17, 15) is 9.59 Å². The Morgan fingerprint density at radius 1 is 1.03 bits per heavy atom. The van der Waals surface area contributed by atoms with Gasteiger partial charge in [0.25, 0.3) is 11.8 Å². The van der Waals surface area contributed by atoms with Crippen LogP contribution in [-0.2, 0) is 6.61 Å². The Kier molecular flexibility index (Phi) is 8.08. The summed E-state index contributed by atoms with van der Waals surface area (Å²) in [6.07, 6.45) is 3.50. The molecule has 0 bridgehead atoms. The van der Waals surface area contributed by atoms with Crippen molar-refractivity contribution in [3.63, 3.8) is 0 Å². The minimum absolute atomic E-state index is 0.190. The molecular weight excluding hydrogens is 493 g/mol. The molecule has 0 saturated heterocycles. The van der Waals surface area contributed by atoms with E-state index in [1.807, 2.05) is 31.2 Å². The largest absolute Gasteiger partial charge is 0.486 e. The van der Waals surface area contributed by atoms with E-state index in [4.69, 9.17) is 27.9 Å². The third-order valence-corrected chi connectivity index (χ3v) is 7.11. The molecule has 9 heteroatoms. The van der Waals surface area contributed by atoms with Gasteiger partial charge >= 0.3 is 0 Å². The SMILES string of the molecule is Cc1ccc(OCc2nc(C(=O)NC3CCCCC3NC(=O)c3ccc(Cl)cc3Cl)cs2)cc1. The lowest BCUT2D eigenvalue weighted by atomic mass is 9.90. The van der Waals surface area contributed by atoms with E-state index in [0.717, 1.165) is 42.0 Å². The van der Waals surface area contributed by atoms with Crippen LogP contribution in [0.5, 0.6) is 5.75 Å². The van der Waals surface area contributed by atoms with Crippen LogP contribution in [0.1, 0.15) is 57.1 Å². The molecule has 1 aromatic heterocycles. The number of benzene rings is 2. The Morgan fingerprint density at radius 2 is 1.71 bits per heavy atom. The Balaban J connectivity index is 1.35. The van der Waals surface area contributed by atoms with E-state index in [2.05, 4.69) is 15.6 Å². The van der Waals surface area contributed by atoms with Crippen molar-refractivity contribution in [2.24, 2.45) is 0 Å². The van der Waals surface area contributed by atoms with Crippen LogP contribution in [0.3, 0.4) is 0 Å². The number of rotatable bonds is 7. The zero-order valence-corrected chi connectivity index (χ0v) is 21.0. The number of ether oxygens (including phenoxy) is 1. The van der Waals surface area contributed by atoms with Gasteiger partial charge in [0.15, 0.2) is 0 Å². The van der Waals surface area contributed by atoms with Gasteiger partial charge in [-0.3, -0.25) is 9.59 Å². The number of carbonyl (C=O) groups is 2. The van der Waals surface area contributed by atoms with Gasteiger partial charge in [-0.1, -0.05) is 53.7 Å². The van der Waals surface area contributed by atoms with Crippen molar-refractivity contribution in [1.29, 1.82) is 0 Å². The fraction of sp³-hybridized carbons (Fsp3) is 0.320. The number of aromatic nitrogens is 1. The molecule has 178 valence electrons. The molecule has 0 aliphatic heterocycles. The standard InChI is InChI=1S/C25H25Cl2N3O3S/c1-15-6-9-17(10-7-15)33-13-23-28-22(14-34-23)25(32)30-21-5-3-2-4-20(21)29-24(31)18-11-8-16(26)12-19(18)27/h6-12,14,20-21H,2-5,13H2,1H3,(H,29,31)(H,30,32). The molecule has 1 saturated carbocycles. The predicted octanol–water partition coefficient (Wildman–Crippen LogP) is 5.81. The van der Waals surface area contributed by atoms with Crippen molar-refractivity contribution in [2.45, 2.75) is 51.3 Å². The number of nitrogens with zero attached hydrogens (tertiary/aromatic N) is 1. The minimum atomic E-state index is -0.281. The fourth-order valence-corrected chi connectivity index (χ4v) is 5.08. The molecule has 1 aliphatic rings. The highest BCUT2D eigenvalue weighted by Gasteiger charge is 2.29. The number of nitrogens with one attached hydrogen (secondary N) is 2. The third-order valence-electron chi connectivity index (χ3n) is 5.74. The number of hydrogen-bond acceptors (Lipinski definition) is 5. The molecular formula is C25H25Cl2N3O3S. The van der Waals surface area contributed by atoms with Crippen LogP contribution in [-0.4, -0.2) is 28.9 Å². The number of halogens is 2. The first-order chi connectivity index (χ1) is 16.4. The van der Waals surface area contributed by atoms with Gasteiger partial charge in [0, 0.05) is 22.5 Å². The van der Waals surface area contributed by atoms with Gasteiger partial charge in [0.1, 0.15) is 23.1 Å². The van der Waals surface area contributed by atoms with E-state index in [-0.39, 0.29) is 23.9 Å². The van der Waals surface area contributed by atoms with Crippen molar-refractivity contribution < 1.29 is 14.3 Å². The van der Waals surface area contributed by atoms with Gasteiger partial charge in [0.05, 0.1) is 10.6 Å². The summed E-state index contributed by atoms with van der Waals surface area (Å²) in [5, 5.41) is 9.30. The molecule has 2 amide bonds. The molecule has 6 nitrogen and oxygen atoms in total. The van der Waals surface area contributed by atoms with Gasteiger partial charge in [0.2, 0.25) is 0 Å². The first kappa shape index (κ1) is 24.5. The number of hydrogen-bond donors (Lipinski definition) is 2. The molecule has 2 unspecified atom stereocenters. The van der Waals surface area contributed by atoms with Crippen LogP contribution in [0.4, 0.5) is 0 Å². The summed E-state index contributed by atoms with van der Waals surface area (Å²) >= 11 is 13.5. The molecule has 1 fully saturated rings. The first-order valence-electron chi connectivity index (χ1n) is 11.1. The molecule has 4 rings (SSSR count). The smallest absolute Gasteiger partial charge is 0.271 e. The second-order valence-electron chi connectivity index (χ2n) is 8.30. The molecule has 1 aliphatic carbocycles. The zero-order valence-electron chi connectivity index (χ0n) is 18.6. The lowest BCUT2D eigenvalue weighted by molar-refractivity contribution is 0.0860. The molecule has 2 aromatic carbocycles. The van der Waals surface area contributed by atoms with E-state index >= 15 is 0 Å². The molecule has 0 radical (unpaired) electrons. The quantitative estimate of drug-likeness (QED) is 0.414. The summed E-state index contributed by atoms with van der Waals surface area (Å²) < 4.78 is 5.76. The van der Waals surface area contributed by atoms with Crippen LogP contribution < -0.4 is 15.4 Å². The monoisotopic (exact) mass is 517 g/mol. The molecule has 0 spiro atoms. The van der Waals surface area contributed by atoms with Crippen molar-refractivity contribution in [3.8, 4) is 5.75 Å². The van der Waals surface area contributed by atoms with Crippen molar-refractivity contribution >= 4 is 46.4 Å². The second kappa shape index (κ2) is 11.2. The molecule has 34 heavy (non-hydrogen) atoms. The van der Waals surface area contributed by atoms with Crippen LogP contribution in [0.2, 0.25) is 10.0 Å². The predicted molar refractivity (Wildman–Crippen MR) is 135 cm³/mol. The highest BCUT2D eigenvalue weighted by atomic mass is 35.5. The van der Waals surface area contributed by atoms with Crippen molar-refractivity contribution in [1.82, 2.24) is 15.6 Å². The maximum absolute atomic E-state index is 12.9. The van der Waals surface area contributed by atoms with E-state index in [0.29, 0.717) is 27.9 Å². The van der Waals surface area contributed by atoms with Gasteiger partial charge in [-0.05, 0) is 50.1 Å². The topological polar surface area (TPSA) is 80.3 Å². The molecule has 2 atom stereocenters. The summed E-state index contributed by atoms with van der Waals surface area (Å²) in [4.78, 5) is 30.1. The Labute approximate surface area is 212 Å². The Morgan fingerprint density at radius 3 is 2.38 bits per heavy atom. The number of aryl methyl sites for hydroxylation is 1. The highest BCUT2D eigenvalue weighted by molar-refractivity contribution is 7.09. The number of amides is 2. The van der Waals surface area contributed by atoms with Gasteiger partial charge < -0.3 is 15.4 Å². The zero-order chi connectivity index (χ0) is 24.1. The fourth-order valence-electron chi connectivity index (χ4n) is 3.90. The van der Waals surface area contributed by atoms with E-state index in [1.54, 1.807) is 23.6 Å². The van der Waals surface area contributed by atoms with E-state index in [1.165, 1.54) is 11.3 Å². The lowest BCUT2D eigenvalue weighted by Gasteiger charge is -2.32. The van der Waals surface area contributed by atoms with Gasteiger partial charge in [-0.25, -0.2) is 4.98 Å².